The van der Waals surface area contributed by atoms with Crippen LogP contribution >= 0.6 is 0 Å². The summed E-state index contributed by atoms with van der Waals surface area (Å²) in [6.45, 7) is 15.6. The largest absolute Gasteiger partial charge is 0.309 e. The number of piperazine rings is 1. The molecule has 18 heavy (non-hydrogen) atoms. The number of hydrogen-bond acceptors (Lipinski definition) is 2. The Bertz CT molecular complexity index is 281. The highest BCUT2D eigenvalue weighted by atomic mass is 15.3. The molecule has 2 unspecified atom stereocenters. The van der Waals surface area contributed by atoms with Gasteiger partial charge in [-0.3, -0.25) is 4.90 Å². The Labute approximate surface area is 114 Å². The first-order valence-corrected chi connectivity index (χ1v) is 7.87. The average molecular weight is 252 g/mol. The van der Waals surface area contributed by atoms with E-state index in [0.717, 1.165) is 18.5 Å². The van der Waals surface area contributed by atoms with Gasteiger partial charge in [-0.1, -0.05) is 34.1 Å². The Balaban J connectivity index is 2.04. The molecule has 2 fully saturated rings. The van der Waals surface area contributed by atoms with Crippen molar-refractivity contribution in [3.63, 3.8) is 0 Å². The Hall–Kier alpha value is -0.0800. The summed E-state index contributed by atoms with van der Waals surface area (Å²) in [5.74, 6) is 0.752. The molecule has 0 radical (unpaired) electrons. The first-order valence-electron chi connectivity index (χ1n) is 7.87. The summed E-state index contributed by atoms with van der Waals surface area (Å²) in [4.78, 5) is 2.80. The predicted molar refractivity (Wildman–Crippen MR) is 78.9 cm³/mol. The lowest BCUT2D eigenvalue weighted by Gasteiger charge is -2.52. The zero-order valence-electron chi connectivity index (χ0n) is 13.1. The van der Waals surface area contributed by atoms with Crippen molar-refractivity contribution in [2.75, 3.05) is 19.6 Å². The van der Waals surface area contributed by atoms with E-state index in [1.807, 2.05) is 0 Å². The van der Waals surface area contributed by atoms with Gasteiger partial charge < -0.3 is 5.32 Å². The van der Waals surface area contributed by atoms with Gasteiger partial charge in [0.25, 0.3) is 0 Å². The van der Waals surface area contributed by atoms with E-state index >= 15 is 0 Å². The molecule has 106 valence electrons. The van der Waals surface area contributed by atoms with E-state index in [1.165, 1.54) is 38.8 Å². The van der Waals surface area contributed by atoms with Crippen LogP contribution in [-0.2, 0) is 0 Å². The number of rotatable bonds is 4. The van der Waals surface area contributed by atoms with E-state index in [1.54, 1.807) is 0 Å². The van der Waals surface area contributed by atoms with Crippen molar-refractivity contribution >= 4 is 0 Å². The second kappa shape index (κ2) is 5.13. The normalized spacial score (nSPS) is 36.7. The van der Waals surface area contributed by atoms with Gasteiger partial charge in [-0.2, -0.15) is 0 Å². The summed E-state index contributed by atoms with van der Waals surface area (Å²) >= 11 is 0. The van der Waals surface area contributed by atoms with Crippen molar-refractivity contribution in [1.29, 1.82) is 0 Å². The third-order valence-corrected chi connectivity index (χ3v) is 5.45. The Morgan fingerprint density at radius 3 is 2.39 bits per heavy atom. The van der Waals surface area contributed by atoms with Gasteiger partial charge in [0, 0.05) is 31.2 Å². The highest BCUT2D eigenvalue weighted by Crippen LogP contribution is 2.42. The lowest BCUT2D eigenvalue weighted by atomic mass is 9.69. The van der Waals surface area contributed by atoms with Gasteiger partial charge in [-0.25, -0.2) is 0 Å². The summed E-state index contributed by atoms with van der Waals surface area (Å²) in [6.07, 6.45) is 5.54. The highest BCUT2D eigenvalue weighted by molar-refractivity contribution is 4.98. The van der Waals surface area contributed by atoms with Gasteiger partial charge in [0.2, 0.25) is 0 Å². The SMILES string of the molecule is CCC1(C)CN(CC2(C)CCC2)C(C(C)C)CN1. The van der Waals surface area contributed by atoms with E-state index in [9.17, 15) is 0 Å². The molecule has 1 aliphatic carbocycles. The maximum atomic E-state index is 3.79. The van der Waals surface area contributed by atoms with Crippen molar-refractivity contribution in [2.45, 2.75) is 71.9 Å². The molecule has 1 saturated carbocycles. The van der Waals surface area contributed by atoms with Crippen LogP contribution in [0.15, 0.2) is 0 Å². The van der Waals surface area contributed by atoms with Gasteiger partial charge in [0.15, 0.2) is 0 Å². The molecule has 0 bridgehead atoms. The molecule has 1 aliphatic heterocycles. The third kappa shape index (κ3) is 2.91. The maximum Gasteiger partial charge on any atom is 0.0278 e. The van der Waals surface area contributed by atoms with Crippen molar-refractivity contribution in [2.24, 2.45) is 11.3 Å². The molecule has 2 nitrogen and oxygen atoms in total. The Morgan fingerprint density at radius 2 is 1.94 bits per heavy atom. The summed E-state index contributed by atoms with van der Waals surface area (Å²) in [7, 11) is 0. The monoisotopic (exact) mass is 252 g/mol. The second-order valence-electron chi connectivity index (χ2n) is 7.68. The van der Waals surface area contributed by atoms with Crippen molar-refractivity contribution in [3.8, 4) is 0 Å². The fourth-order valence-electron chi connectivity index (χ4n) is 3.60. The molecule has 0 aromatic carbocycles. The maximum absolute atomic E-state index is 3.79. The summed E-state index contributed by atoms with van der Waals surface area (Å²) < 4.78 is 0. The lowest BCUT2D eigenvalue weighted by Crippen LogP contribution is -2.65. The Kier molecular flexibility index (Phi) is 4.08. The molecular formula is C16H32N2. The predicted octanol–water partition coefficient (Wildman–Crippen LogP) is 3.28. The zero-order chi connectivity index (χ0) is 13.4. The van der Waals surface area contributed by atoms with E-state index in [0.29, 0.717) is 11.0 Å². The van der Waals surface area contributed by atoms with Crippen molar-refractivity contribution < 1.29 is 0 Å². The van der Waals surface area contributed by atoms with Gasteiger partial charge >= 0.3 is 0 Å². The second-order valence-corrected chi connectivity index (χ2v) is 7.68. The van der Waals surface area contributed by atoms with Gasteiger partial charge in [0.1, 0.15) is 0 Å². The molecule has 0 aromatic rings. The fourth-order valence-corrected chi connectivity index (χ4v) is 3.60. The van der Waals surface area contributed by atoms with E-state index < -0.39 is 0 Å². The Morgan fingerprint density at radius 1 is 1.28 bits per heavy atom. The molecule has 1 N–H and O–H groups in total. The van der Waals surface area contributed by atoms with Gasteiger partial charge in [-0.05, 0) is 37.5 Å². The summed E-state index contributed by atoms with van der Waals surface area (Å²) in [5.41, 5.74) is 0.935. The molecule has 1 saturated heterocycles. The van der Waals surface area contributed by atoms with Crippen LogP contribution in [0.25, 0.3) is 0 Å². The van der Waals surface area contributed by atoms with E-state index in [4.69, 9.17) is 0 Å². The molecule has 2 rings (SSSR count). The van der Waals surface area contributed by atoms with Crippen molar-refractivity contribution in [1.82, 2.24) is 10.2 Å². The minimum Gasteiger partial charge on any atom is -0.309 e. The summed E-state index contributed by atoms with van der Waals surface area (Å²) in [5, 5.41) is 3.79. The molecule has 2 heteroatoms. The van der Waals surface area contributed by atoms with Gasteiger partial charge in [0.05, 0.1) is 0 Å². The van der Waals surface area contributed by atoms with E-state index in [-0.39, 0.29) is 0 Å². The molecule has 2 aliphatic rings. The van der Waals surface area contributed by atoms with Crippen LogP contribution in [0, 0.1) is 11.3 Å². The molecule has 0 amide bonds. The van der Waals surface area contributed by atoms with Crippen LogP contribution in [0.3, 0.4) is 0 Å². The van der Waals surface area contributed by atoms with Crippen LogP contribution in [0.5, 0.6) is 0 Å². The topological polar surface area (TPSA) is 15.3 Å². The lowest BCUT2D eigenvalue weighted by molar-refractivity contribution is 0.00116. The highest BCUT2D eigenvalue weighted by Gasteiger charge is 2.41. The third-order valence-electron chi connectivity index (χ3n) is 5.45. The van der Waals surface area contributed by atoms with Gasteiger partial charge in [-0.15, -0.1) is 0 Å². The van der Waals surface area contributed by atoms with Crippen LogP contribution < -0.4 is 5.32 Å². The van der Waals surface area contributed by atoms with Crippen LogP contribution in [0.1, 0.15) is 60.3 Å². The van der Waals surface area contributed by atoms with Crippen LogP contribution in [-0.4, -0.2) is 36.1 Å². The molecule has 0 spiro atoms. The number of hydrogen-bond donors (Lipinski definition) is 1. The number of nitrogens with zero attached hydrogens (tertiary/aromatic N) is 1. The van der Waals surface area contributed by atoms with Crippen LogP contribution in [0.4, 0.5) is 0 Å². The molecule has 0 aromatic heterocycles. The van der Waals surface area contributed by atoms with Crippen molar-refractivity contribution in [3.05, 3.63) is 0 Å². The molecule has 2 atom stereocenters. The van der Waals surface area contributed by atoms with E-state index in [2.05, 4.69) is 44.8 Å². The first kappa shape index (κ1) is 14.3. The quantitative estimate of drug-likeness (QED) is 0.826. The number of nitrogens with one attached hydrogen (secondary N) is 1. The molecule has 1 heterocycles. The average Bonchev–Trinajstić information content (AvgIpc) is 2.26. The minimum absolute atomic E-state index is 0.325. The molecular weight excluding hydrogens is 220 g/mol. The minimum atomic E-state index is 0.325. The summed E-state index contributed by atoms with van der Waals surface area (Å²) in [6, 6.07) is 0.724. The smallest absolute Gasteiger partial charge is 0.0278 e. The first-order chi connectivity index (χ1) is 8.37. The standard InChI is InChI=1S/C16H32N2/c1-6-16(5)12-18(11-15(4)8-7-9-15)14(10-17-16)13(2)3/h13-14,17H,6-12H2,1-5H3. The fraction of sp³-hybridized carbons (Fsp3) is 1.00. The zero-order valence-corrected chi connectivity index (χ0v) is 13.1. The van der Waals surface area contributed by atoms with Crippen LogP contribution in [0.2, 0.25) is 0 Å².